The van der Waals surface area contributed by atoms with Crippen molar-refractivity contribution in [1.82, 2.24) is 0 Å². The summed E-state index contributed by atoms with van der Waals surface area (Å²) in [6, 6.07) is 10.1. The predicted molar refractivity (Wildman–Crippen MR) is 101 cm³/mol. The minimum absolute atomic E-state index is 0.0293. The second-order valence-corrected chi connectivity index (χ2v) is 8.90. The van der Waals surface area contributed by atoms with E-state index in [1.807, 2.05) is 5.38 Å². The van der Waals surface area contributed by atoms with Crippen molar-refractivity contribution in [3.63, 3.8) is 0 Å². The van der Waals surface area contributed by atoms with Crippen LogP contribution in [0.4, 0.5) is 11.4 Å². The number of anilines is 2. The van der Waals surface area contributed by atoms with Crippen LogP contribution in [0.2, 0.25) is 0 Å². The molecule has 1 unspecified atom stereocenters. The fourth-order valence-corrected chi connectivity index (χ4v) is 4.07. The number of amides is 2. The summed E-state index contributed by atoms with van der Waals surface area (Å²) in [5, 5.41) is 6.01. The third-order valence-corrected chi connectivity index (χ3v) is 6.67. The third kappa shape index (κ3) is 5.14. The Hall–Kier alpha value is -2.19. The Balaban J connectivity index is 2.06. The summed E-state index contributed by atoms with van der Waals surface area (Å²) in [7, 11) is -3.47. The van der Waals surface area contributed by atoms with Crippen molar-refractivity contribution in [2.75, 3.05) is 16.4 Å². The lowest BCUT2D eigenvalue weighted by atomic mass is 10.2. The van der Waals surface area contributed by atoms with E-state index in [4.69, 9.17) is 0 Å². The Kier molecular flexibility index (Phi) is 6.33. The van der Waals surface area contributed by atoms with E-state index in [0.717, 1.165) is 0 Å². The van der Waals surface area contributed by atoms with Crippen LogP contribution < -0.4 is 10.6 Å². The monoisotopic (exact) mass is 380 g/mol. The van der Waals surface area contributed by atoms with Gasteiger partial charge >= 0.3 is 0 Å². The highest BCUT2D eigenvalue weighted by Gasteiger charge is 2.27. The van der Waals surface area contributed by atoms with Gasteiger partial charge < -0.3 is 10.6 Å². The van der Waals surface area contributed by atoms with Gasteiger partial charge in [-0.15, -0.1) is 11.3 Å². The number of hydrogen-bond acceptors (Lipinski definition) is 5. The lowest BCUT2D eigenvalue weighted by Crippen LogP contribution is -2.34. The summed E-state index contributed by atoms with van der Waals surface area (Å²) in [5.41, 5.74) is 0.938. The van der Waals surface area contributed by atoms with Crippen molar-refractivity contribution < 1.29 is 18.0 Å². The average molecular weight is 380 g/mol. The highest BCUT2D eigenvalue weighted by Crippen LogP contribution is 2.18. The van der Waals surface area contributed by atoms with Gasteiger partial charge in [-0.05, 0) is 43.0 Å². The molecule has 0 fully saturated rings. The molecule has 2 rings (SSSR count). The van der Waals surface area contributed by atoms with Crippen LogP contribution in [0.3, 0.4) is 0 Å². The molecule has 0 aliphatic carbocycles. The summed E-state index contributed by atoms with van der Waals surface area (Å²) < 4.78 is 24.0. The van der Waals surface area contributed by atoms with E-state index < -0.39 is 21.0 Å². The molecule has 1 heterocycles. The molecule has 2 N–H and O–H groups in total. The average Bonchev–Trinajstić information content (AvgIpc) is 3.09. The third-order valence-electron chi connectivity index (χ3n) is 3.53. The van der Waals surface area contributed by atoms with Gasteiger partial charge in [0.2, 0.25) is 5.91 Å². The van der Waals surface area contributed by atoms with Crippen molar-refractivity contribution in [2.45, 2.75) is 25.5 Å². The van der Waals surface area contributed by atoms with Gasteiger partial charge in [0.1, 0.15) is 5.25 Å². The van der Waals surface area contributed by atoms with E-state index in [0.29, 0.717) is 22.7 Å². The molecule has 134 valence electrons. The van der Waals surface area contributed by atoms with Crippen LogP contribution in [0.1, 0.15) is 29.9 Å². The van der Waals surface area contributed by atoms with Crippen molar-refractivity contribution in [3.05, 3.63) is 46.7 Å². The maximum Gasteiger partial charge on any atom is 0.265 e. The molecule has 0 radical (unpaired) electrons. The van der Waals surface area contributed by atoms with Crippen LogP contribution >= 0.6 is 11.3 Å². The molecule has 8 heteroatoms. The van der Waals surface area contributed by atoms with Crippen molar-refractivity contribution in [1.29, 1.82) is 0 Å². The van der Waals surface area contributed by atoms with E-state index in [-0.39, 0.29) is 11.7 Å². The molecular weight excluding hydrogens is 360 g/mol. The van der Waals surface area contributed by atoms with Crippen molar-refractivity contribution in [2.24, 2.45) is 0 Å². The molecule has 0 saturated heterocycles. The number of rotatable bonds is 7. The van der Waals surface area contributed by atoms with Gasteiger partial charge in [-0.3, -0.25) is 9.59 Å². The first-order valence-electron chi connectivity index (χ1n) is 7.81. The molecule has 1 atom stereocenters. The Morgan fingerprint density at radius 3 is 2.40 bits per heavy atom. The van der Waals surface area contributed by atoms with Gasteiger partial charge in [0.15, 0.2) is 9.84 Å². The zero-order chi connectivity index (χ0) is 18.4. The van der Waals surface area contributed by atoms with Gasteiger partial charge in [0, 0.05) is 11.4 Å². The fourth-order valence-electron chi connectivity index (χ4n) is 2.14. The first kappa shape index (κ1) is 19.1. The molecule has 0 aliphatic rings. The Morgan fingerprint density at radius 2 is 1.80 bits per heavy atom. The SMILES string of the molecule is CCCS(=O)(=O)C(C)C(=O)Nc1cccc(NC(=O)c2cccs2)c1. The minimum Gasteiger partial charge on any atom is -0.325 e. The number of benzene rings is 1. The number of nitrogens with one attached hydrogen (secondary N) is 2. The van der Waals surface area contributed by atoms with Crippen LogP contribution in [0, 0.1) is 0 Å². The van der Waals surface area contributed by atoms with Gasteiger partial charge in [-0.1, -0.05) is 19.1 Å². The quantitative estimate of drug-likeness (QED) is 0.772. The van der Waals surface area contributed by atoms with Crippen LogP contribution in [0.15, 0.2) is 41.8 Å². The summed E-state index contributed by atoms with van der Waals surface area (Å²) in [4.78, 5) is 24.8. The lowest BCUT2D eigenvalue weighted by Gasteiger charge is -2.13. The highest BCUT2D eigenvalue weighted by atomic mass is 32.2. The van der Waals surface area contributed by atoms with E-state index in [1.165, 1.54) is 18.3 Å². The zero-order valence-corrected chi connectivity index (χ0v) is 15.6. The van der Waals surface area contributed by atoms with E-state index in [2.05, 4.69) is 10.6 Å². The maximum absolute atomic E-state index is 12.2. The van der Waals surface area contributed by atoms with Gasteiger partial charge in [-0.25, -0.2) is 8.42 Å². The van der Waals surface area contributed by atoms with E-state index in [1.54, 1.807) is 43.3 Å². The first-order chi connectivity index (χ1) is 11.8. The fraction of sp³-hybridized carbons (Fsp3) is 0.294. The van der Waals surface area contributed by atoms with Crippen LogP contribution in [-0.4, -0.2) is 31.2 Å². The zero-order valence-electron chi connectivity index (χ0n) is 14.0. The lowest BCUT2D eigenvalue weighted by molar-refractivity contribution is -0.115. The molecule has 2 amide bonds. The van der Waals surface area contributed by atoms with E-state index >= 15 is 0 Å². The van der Waals surface area contributed by atoms with Crippen LogP contribution in [0.5, 0.6) is 0 Å². The standard InChI is InChI=1S/C17H20N2O4S2/c1-3-10-25(22,23)12(2)16(20)18-13-6-4-7-14(11-13)19-17(21)15-8-5-9-24-15/h4-9,11-12H,3,10H2,1-2H3,(H,18,20)(H,19,21). The van der Waals surface area contributed by atoms with Gasteiger partial charge in [-0.2, -0.15) is 0 Å². The van der Waals surface area contributed by atoms with Gasteiger partial charge in [0.25, 0.3) is 5.91 Å². The molecule has 6 nitrogen and oxygen atoms in total. The highest BCUT2D eigenvalue weighted by molar-refractivity contribution is 7.92. The molecule has 2 aromatic rings. The van der Waals surface area contributed by atoms with Crippen LogP contribution in [-0.2, 0) is 14.6 Å². The molecule has 0 bridgehead atoms. The molecule has 1 aromatic heterocycles. The number of thiophene rings is 1. The Bertz CT molecular complexity index is 845. The number of sulfone groups is 1. The Morgan fingerprint density at radius 1 is 1.12 bits per heavy atom. The van der Waals surface area contributed by atoms with Crippen molar-refractivity contribution in [3.8, 4) is 0 Å². The molecule has 1 aromatic carbocycles. The summed E-state index contributed by atoms with van der Waals surface area (Å²) >= 11 is 1.33. The topological polar surface area (TPSA) is 92.3 Å². The number of carbonyl (C=O) groups is 2. The molecule has 0 aliphatic heterocycles. The summed E-state index contributed by atoms with van der Waals surface area (Å²) in [5.74, 6) is -0.856. The minimum atomic E-state index is -3.47. The Labute approximate surface area is 151 Å². The summed E-state index contributed by atoms with van der Waals surface area (Å²) in [6.45, 7) is 3.13. The predicted octanol–water partition coefficient (Wildman–Crippen LogP) is 3.15. The number of hydrogen-bond donors (Lipinski definition) is 2. The largest absolute Gasteiger partial charge is 0.325 e. The summed E-state index contributed by atoms with van der Waals surface area (Å²) in [6.07, 6.45) is 0.462. The first-order valence-corrected chi connectivity index (χ1v) is 10.4. The van der Waals surface area contributed by atoms with Crippen LogP contribution in [0.25, 0.3) is 0 Å². The van der Waals surface area contributed by atoms with Gasteiger partial charge in [0.05, 0.1) is 10.6 Å². The smallest absolute Gasteiger partial charge is 0.265 e. The second kappa shape index (κ2) is 8.26. The molecule has 0 spiro atoms. The molecular formula is C17H20N2O4S2. The number of carbonyl (C=O) groups excluding carboxylic acids is 2. The normalized spacial score (nSPS) is 12.4. The maximum atomic E-state index is 12.2. The molecule has 25 heavy (non-hydrogen) atoms. The van der Waals surface area contributed by atoms with Crippen molar-refractivity contribution >= 4 is 44.4 Å². The second-order valence-electron chi connectivity index (χ2n) is 5.51. The van der Waals surface area contributed by atoms with E-state index in [9.17, 15) is 18.0 Å². The molecule has 0 saturated carbocycles.